The minimum Gasteiger partial charge on any atom is -0.393 e. The molecule has 4 aliphatic rings. The predicted octanol–water partition coefficient (Wildman–Crippen LogP) is -0.203. The average molecular weight is 513 g/mol. The third kappa shape index (κ3) is 3.93. The van der Waals surface area contributed by atoms with Gasteiger partial charge >= 0.3 is 0 Å². The molecule has 0 spiro atoms. The Morgan fingerprint density at radius 1 is 1.08 bits per heavy atom. The molecule has 9 heteroatoms. The van der Waals surface area contributed by atoms with E-state index >= 15 is 0 Å². The van der Waals surface area contributed by atoms with Crippen molar-refractivity contribution in [1.82, 2.24) is 0 Å². The molecule has 0 radical (unpaired) electrons. The first kappa shape index (κ1) is 28.1. The summed E-state index contributed by atoms with van der Waals surface area (Å²) in [6.07, 6.45) is -1.82. The van der Waals surface area contributed by atoms with Crippen molar-refractivity contribution in [2.24, 2.45) is 28.6 Å². The average Bonchev–Trinajstić information content (AvgIpc) is 3.05. The fourth-order valence-corrected chi connectivity index (χ4v) is 8.48. The lowest BCUT2D eigenvalue weighted by Gasteiger charge is -2.62. The topological polar surface area (TPSA) is 179 Å². The quantitative estimate of drug-likeness (QED) is 0.239. The van der Waals surface area contributed by atoms with Gasteiger partial charge in [0, 0.05) is 17.3 Å². The van der Waals surface area contributed by atoms with Crippen molar-refractivity contribution in [1.29, 1.82) is 0 Å². The van der Waals surface area contributed by atoms with E-state index in [4.69, 9.17) is 0 Å². The van der Waals surface area contributed by atoms with Crippen molar-refractivity contribution in [3.8, 4) is 0 Å². The van der Waals surface area contributed by atoms with Gasteiger partial charge in [-0.2, -0.15) is 0 Å². The lowest BCUT2D eigenvalue weighted by atomic mass is 9.45. The second-order valence-corrected chi connectivity index (χ2v) is 13.2. The molecule has 36 heavy (non-hydrogen) atoms. The van der Waals surface area contributed by atoms with Crippen molar-refractivity contribution in [3.05, 3.63) is 11.6 Å². The molecule has 3 saturated carbocycles. The second kappa shape index (κ2) is 8.81. The molecule has 0 aromatic heterocycles. The number of aliphatic hydroxyl groups is 8. The first-order chi connectivity index (χ1) is 16.4. The maximum atomic E-state index is 13.3. The molecule has 0 aliphatic heterocycles. The molecule has 0 aromatic carbocycles. The van der Waals surface area contributed by atoms with E-state index in [1.165, 1.54) is 19.9 Å². The maximum absolute atomic E-state index is 13.3. The number of aliphatic hydroxyl groups excluding tert-OH is 5. The number of allylic oxidation sites excluding steroid dienone is 1. The zero-order valence-electron chi connectivity index (χ0n) is 21.8. The molecular formula is C27H44O9. The van der Waals surface area contributed by atoms with Gasteiger partial charge in [0.1, 0.15) is 0 Å². The Bertz CT molecular complexity index is 915. The SMILES string of the molecule is C[C@](O)(CO)CC[C@@H](O)[C@](C)(O)[C@H]1CC[C@@]2(O)C3=CC(=O)[C@@H]4C[C@@H](O)[C@@H](O)C[C@]4(C)[C@H]3[C@H](O)C[C@]12C. The van der Waals surface area contributed by atoms with E-state index < -0.39 is 76.4 Å². The highest BCUT2D eigenvalue weighted by Crippen LogP contribution is 2.68. The van der Waals surface area contributed by atoms with Gasteiger partial charge in [0.2, 0.25) is 0 Å². The van der Waals surface area contributed by atoms with Crippen LogP contribution in [-0.4, -0.2) is 94.5 Å². The summed E-state index contributed by atoms with van der Waals surface area (Å²) in [4.78, 5) is 13.3. The van der Waals surface area contributed by atoms with Crippen LogP contribution in [0.5, 0.6) is 0 Å². The summed E-state index contributed by atoms with van der Waals surface area (Å²) in [6.45, 7) is 6.10. The van der Waals surface area contributed by atoms with Gasteiger partial charge in [-0.3, -0.25) is 4.79 Å². The van der Waals surface area contributed by atoms with Crippen LogP contribution < -0.4 is 0 Å². The Balaban J connectivity index is 1.69. The molecule has 0 amide bonds. The molecule has 3 fully saturated rings. The van der Waals surface area contributed by atoms with Crippen LogP contribution in [0.15, 0.2) is 11.6 Å². The third-order valence-electron chi connectivity index (χ3n) is 10.7. The molecular weight excluding hydrogens is 468 g/mol. The van der Waals surface area contributed by atoms with Crippen LogP contribution in [0, 0.1) is 28.6 Å². The van der Waals surface area contributed by atoms with E-state index in [1.54, 1.807) is 6.92 Å². The van der Waals surface area contributed by atoms with Gasteiger partial charge in [-0.05, 0) is 81.8 Å². The van der Waals surface area contributed by atoms with Crippen LogP contribution in [0.4, 0.5) is 0 Å². The van der Waals surface area contributed by atoms with E-state index in [9.17, 15) is 45.6 Å². The van der Waals surface area contributed by atoms with Crippen LogP contribution >= 0.6 is 0 Å². The molecule has 0 heterocycles. The largest absolute Gasteiger partial charge is 0.393 e. The third-order valence-corrected chi connectivity index (χ3v) is 10.7. The van der Waals surface area contributed by atoms with Crippen LogP contribution in [0.1, 0.15) is 72.6 Å². The second-order valence-electron chi connectivity index (χ2n) is 13.2. The van der Waals surface area contributed by atoms with E-state index in [0.29, 0.717) is 12.0 Å². The standard InChI is InChI=1S/C27H44O9/c1-23(34,13-28)7-6-21(33)26(4,35)20-5-8-27(36)15-10-16(29)14-9-17(30)18(31)11-24(14,2)22(15)19(32)12-25(20,27)3/h10,14,17-22,28,30-36H,5-9,11-13H2,1-4H3/t14-,17+,18-,19+,20-,21+,22+,23+,24-,25+,26+,27+/m0/s1. The summed E-state index contributed by atoms with van der Waals surface area (Å²) in [6, 6.07) is 0. The molecule has 0 aromatic rings. The van der Waals surface area contributed by atoms with E-state index in [-0.39, 0.29) is 44.3 Å². The van der Waals surface area contributed by atoms with Crippen molar-refractivity contribution in [2.45, 2.75) is 114 Å². The number of carbonyl (C=O) groups excluding carboxylic acids is 1. The minimum atomic E-state index is -1.67. The number of ketones is 1. The van der Waals surface area contributed by atoms with Crippen LogP contribution in [-0.2, 0) is 4.79 Å². The fraction of sp³-hybridized carbons (Fsp3) is 0.889. The molecule has 0 saturated heterocycles. The molecule has 0 unspecified atom stereocenters. The highest BCUT2D eigenvalue weighted by atomic mass is 16.3. The summed E-state index contributed by atoms with van der Waals surface area (Å²) in [7, 11) is 0. The van der Waals surface area contributed by atoms with Crippen molar-refractivity contribution >= 4 is 5.78 Å². The summed E-state index contributed by atoms with van der Waals surface area (Å²) < 4.78 is 0. The Hall–Kier alpha value is -0.910. The minimum absolute atomic E-state index is 0.0257. The molecule has 206 valence electrons. The Labute approximate surface area is 212 Å². The van der Waals surface area contributed by atoms with Gasteiger partial charge in [0.05, 0.1) is 47.8 Å². The van der Waals surface area contributed by atoms with Crippen LogP contribution in [0.25, 0.3) is 0 Å². The Kier molecular flexibility index (Phi) is 6.88. The number of hydrogen-bond donors (Lipinski definition) is 8. The number of rotatable bonds is 6. The highest BCUT2D eigenvalue weighted by molar-refractivity contribution is 5.95. The molecule has 0 bridgehead atoms. The first-order valence-electron chi connectivity index (χ1n) is 13.2. The molecule has 4 rings (SSSR count). The summed E-state index contributed by atoms with van der Waals surface area (Å²) in [5.74, 6) is -2.02. The van der Waals surface area contributed by atoms with E-state index in [1.807, 2.05) is 6.92 Å². The van der Waals surface area contributed by atoms with Crippen LogP contribution in [0.3, 0.4) is 0 Å². The van der Waals surface area contributed by atoms with Crippen LogP contribution in [0.2, 0.25) is 0 Å². The lowest BCUT2D eigenvalue weighted by Crippen LogP contribution is -2.66. The highest BCUT2D eigenvalue weighted by Gasteiger charge is 2.71. The summed E-state index contributed by atoms with van der Waals surface area (Å²) in [5.41, 5.74) is -6.06. The van der Waals surface area contributed by atoms with Gasteiger partial charge in [0.15, 0.2) is 5.78 Å². The van der Waals surface area contributed by atoms with E-state index in [0.717, 1.165) is 0 Å². The monoisotopic (exact) mass is 512 g/mol. The summed E-state index contributed by atoms with van der Waals surface area (Å²) in [5, 5.41) is 86.4. The smallest absolute Gasteiger partial charge is 0.159 e. The summed E-state index contributed by atoms with van der Waals surface area (Å²) >= 11 is 0. The first-order valence-corrected chi connectivity index (χ1v) is 13.2. The lowest BCUT2D eigenvalue weighted by molar-refractivity contribution is -0.197. The van der Waals surface area contributed by atoms with Gasteiger partial charge in [-0.1, -0.05) is 13.8 Å². The van der Waals surface area contributed by atoms with Crippen molar-refractivity contribution in [3.63, 3.8) is 0 Å². The van der Waals surface area contributed by atoms with Crippen molar-refractivity contribution < 1.29 is 45.6 Å². The number of carbonyl (C=O) groups is 1. The zero-order valence-corrected chi connectivity index (χ0v) is 21.8. The number of fused-ring (bicyclic) bond motifs is 5. The van der Waals surface area contributed by atoms with E-state index in [2.05, 4.69) is 0 Å². The molecule has 4 aliphatic carbocycles. The zero-order chi connectivity index (χ0) is 27.1. The van der Waals surface area contributed by atoms with Gasteiger partial charge < -0.3 is 40.9 Å². The molecule has 12 atom stereocenters. The fourth-order valence-electron chi connectivity index (χ4n) is 8.48. The normalized spacial score (nSPS) is 48.7. The van der Waals surface area contributed by atoms with Crippen molar-refractivity contribution in [2.75, 3.05) is 6.61 Å². The maximum Gasteiger partial charge on any atom is 0.159 e. The Morgan fingerprint density at radius 2 is 1.72 bits per heavy atom. The predicted molar refractivity (Wildman–Crippen MR) is 129 cm³/mol. The molecule has 8 N–H and O–H groups in total. The van der Waals surface area contributed by atoms with Gasteiger partial charge in [-0.15, -0.1) is 0 Å². The molecule has 9 nitrogen and oxygen atoms in total. The van der Waals surface area contributed by atoms with Gasteiger partial charge in [-0.25, -0.2) is 0 Å². The Morgan fingerprint density at radius 3 is 2.33 bits per heavy atom. The van der Waals surface area contributed by atoms with Gasteiger partial charge in [0.25, 0.3) is 0 Å². The number of hydrogen-bond acceptors (Lipinski definition) is 9.